The maximum Gasteiger partial charge on any atom is 0.0959 e. The van der Waals surface area contributed by atoms with E-state index in [1.807, 2.05) is 25.1 Å². The predicted molar refractivity (Wildman–Crippen MR) is 74.7 cm³/mol. The van der Waals surface area contributed by atoms with Crippen molar-refractivity contribution in [3.63, 3.8) is 0 Å². The fraction of sp³-hybridized carbons (Fsp3) is 0.375. The van der Waals surface area contributed by atoms with Gasteiger partial charge >= 0.3 is 0 Å². The zero-order valence-corrected chi connectivity index (χ0v) is 10.9. The molecule has 1 nitrogen and oxygen atoms in total. The third-order valence-corrected chi connectivity index (χ3v) is 2.48. The summed E-state index contributed by atoms with van der Waals surface area (Å²) in [4.78, 5) is 0. The lowest BCUT2D eigenvalue weighted by Gasteiger charge is -2.06. The van der Waals surface area contributed by atoms with Gasteiger partial charge in [0.05, 0.1) is 12.4 Å². The van der Waals surface area contributed by atoms with Crippen molar-refractivity contribution in [1.82, 2.24) is 0 Å². The summed E-state index contributed by atoms with van der Waals surface area (Å²) >= 11 is 0. The zero-order chi connectivity index (χ0) is 12.3. The van der Waals surface area contributed by atoms with Gasteiger partial charge in [-0.05, 0) is 25.0 Å². The number of hydrogen-bond donors (Lipinski definition) is 0. The lowest BCUT2D eigenvalue weighted by Crippen LogP contribution is -1.91. The highest BCUT2D eigenvalue weighted by atomic mass is 16.5. The van der Waals surface area contributed by atoms with Crippen molar-refractivity contribution in [2.45, 2.75) is 33.1 Å². The fourth-order valence-corrected chi connectivity index (χ4v) is 1.57. The van der Waals surface area contributed by atoms with Crippen LogP contribution in [0, 0.1) is 0 Å². The molecular formula is C16H22O. The van der Waals surface area contributed by atoms with E-state index in [2.05, 4.69) is 37.3 Å². The maximum absolute atomic E-state index is 5.59. The van der Waals surface area contributed by atoms with E-state index in [4.69, 9.17) is 4.74 Å². The van der Waals surface area contributed by atoms with Crippen molar-refractivity contribution in [1.29, 1.82) is 0 Å². The van der Waals surface area contributed by atoms with Crippen LogP contribution >= 0.6 is 0 Å². The molecule has 0 aliphatic carbocycles. The summed E-state index contributed by atoms with van der Waals surface area (Å²) < 4.78 is 5.59. The molecule has 0 atom stereocenters. The molecule has 0 aliphatic rings. The summed E-state index contributed by atoms with van der Waals surface area (Å²) in [7, 11) is 0. The second-order valence-corrected chi connectivity index (χ2v) is 3.94. The summed E-state index contributed by atoms with van der Waals surface area (Å²) in [5.74, 6) is 1.08. The fourth-order valence-electron chi connectivity index (χ4n) is 1.57. The van der Waals surface area contributed by atoms with Crippen LogP contribution in [-0.2, 0) is 4.74 Å². The van der Waals surface area contributed by atoms with E-state index in [1.165, 1.54) is 18.4 Å². The van der Waals surface area contributed by atoms with E-state index in [0.717, 1.165) is 18.8 Å². The van der Waals surface area contributed by atoms with Crippen molar-refractivity contribution in [2.75, 3.05) is 6.61 Å². The van der Waals surface area contributed by atoms with Crippen LogP contribution in [0.2, 0.25) is 0 Å². The highest BCUT2D eigenvalue weighted by Gasteiger charge is 1.94. The standard InChI is InChI=1S/C16H22O/c1-3-5-13-16(17-4-2)14-9-12-15-10-7-6-8-11-15/h6-12,14H,3-5,13H2,1-2H3. The monoisotopic (exact) mass is 230 g/mol. The van der Waals surface area contributed by atoms with Gasteiger partial charge in [-0.25, -0.2) is 0 Å². The Bertz CT molecular complexity index is 349. The molecule has 0 amide bonds. The topological polar surface area (TPSA) is 9.23 Å². The number of rotatable bonds is 7. The van der Waals surface area contributed by atoms with Crippen LogP contribution in [0.3, 0.4) is 0 Å². The van der Waals surface area contributed by atoms with Crippen LogP contribution in [0.4, 0.5) is 0 Å². The Kier molecular flexibility index (Phi) is 6.89. The first-order valence-corrected chi connectivity index (χ1v) is 6.42. The van der Waals surface area contributed by atoms with Gasteiger partial charge in [0.15, 0.2) is 0 Å². The molecule has 0 unspecified atom stereocenters. The number of unbranched alkanes of at least 4 members (excludes halogenated alkanes) is 1. The lowest BCUT2D eigenvalue weighted by atomic mass is 10.2. The van der Waals surface area contributed by atoms with Gasteiger partial charge in [0, 0.05) is 6.42 Å². The molecular weight excluding hydrogens is 208 g/mol. The van der Waals surface area contributed by atoms with E-state index in [1.54, 1.807) is 0 Å². The summed E-state index contributed by atoms with van der Waals surface area (Å²) in [6.07, 6.45) is 9.66. The number of benzene rings is 1. The minimum atomic E-state index is 0.745. The lowest BCUT2D eigenvalue weighted by molar-refractivity contribution is 0.217. The van der Waals surface area contributed by atoms with Crippen molar-refractivity contribution < 1.29 is 4.74 Å². The largest absolute Gasteiger partial charge is 0.498 e. The van der Waals surface area contributed by atoms with Crippen LogP contribution in [0.25, 0.3) is 6.08 Å². The van der Waals surface area contributed by atoms with E-state index in [0.29, 0.717) is 0 Å². The minimum Gasteiger partial charge on any atom is -0.498 e. The zero-order valence-electron chi connectivity index (χ0n) is 10.9. The SMILES string of the molecule is CCCCC(=CC=Cc1ccccc1)OCC. The van der Waals surface area contributed by atoms with Crippen LogP contribution < -0.4 is 0 Å². The number of ether oxygens (including phenoxy) is 1. The smallest absolute Gasteiger partial charge is 0.0959 e. The molecule has 0 fully saturated rings. The van der Waals surface area contributed by atoms with E-state index < -0.39 is 0 Å². The van der Waals surface area contributed by atoms with Gasteiger partial charge in [-0.2, -0.15) is 0 Å². The molecule has 0 aliphatic heterocycles. The molecule has 0 bridgehead atoms. The molecule has 92 valence electrons. The quantitative estimate of drug-likeness (QED) is 0.482. The van der Waals surface area contributed by atoms with Crippen LogP contribution in [0.1, 0.15) is 38.7 Å². The average Bonchev–Trinajstić information content (AvgIpc) is 2.37. The number of allylic oxidation sites excluding steroid dienone is 3. The van der Waals surface area contributed by atoms with Gasteiger partial charge in [-0.3, -0.25) is 0 Å². The molecule has 0 saturated heterocycles. The van der Waals surface area contributed by atoms with E-state index in [-0.39, 0.29) is 0 Å². The molecule has 0 aromatic heterocycles. The Morgan fingerprint density at radius 2 is 1.94 bits per heavy atom. The van der Waals surface area contributed by atoms with Crippen LogP contribution in [0.15, 0.2) is 48.2 Å². The van der Waals surface area contributed by atoms with Gasteiger partial charge < -0.3 is 4.74 Å². The first kappa shape index (κ1) is 13.6. The molecule has 1 heteroatoms. The first-order valence-electron chi connectivity index (χ1n) is 6.42. The normalized spacial score (nSPS) is 12.0. The highest BCUT2D eigenvalue weighted by molar-refractivity contribution is 5.50. The third kappa shape index (κ3) is 5.96. The molecule has 0 saturated carbocycles. The molecule has 1 aromatic carbocycles. The van der Waals surface area contributed by atoms with Crippen molar-refractivity contribution in [3.8, 4) is 0 Å². The molecule has 0 heterocycles. The van der Waals surface area contributed by atoms with Gasteiger partial charge in [0.25, 0.3) is 0 Å². The molecule has 17 heavy (non-hydrogen) atoms. The maximum atomic E-state index is 5.59. The third-order valence-electron chi connectivity index (χ3n) is 2.48. The molecule has 0 N–H and O–H groups in total. The Labute approximate surface area is 105 Å². The van der Waals surface area contributed by atoms with Crippen molar-refractivity contribution in [3.05, 3.63) is 53.8 Å². The Hall–Kier alpha value is -1.50. The first-order chi connectivity index (χ1) is 8.36. The number of hydrogen-bond acceptors (Lipinski definition) is 1. The molecule has 1 rings (SSSR count). The highest BCUT2D eigenvalue weighted by Crippen LogP contribution is 2.10. The predicted octanol–water partition coefficient (Wildman–Crippen LogP) is 4.81. The summed E-state index contributed by atoms with van der Waals surface area (Å²) in [6, 6.07) is 10.3. The Morgan fingerprint density at radius 3 is 2.59 bits per heavy atom. The van der Waals surface area contributed by atoms with Crippen molar-refractivity contribution >= 4 is 6.08 Å². The van der Waals surface area contributed by atoms with Crippen LogP contribution in [0.5, 0.6) is 0 Å². The van der Waals surface area contributed by atoms with E-state index >= 15 is 0 Å². The molecule has 0 radical (unpaired) electrons. The van der Waals surface area contributed by atoms with Crippen LogP contribution in [-0.4, -0.2) is 6.61 Å². The summed E-state index contributed by atoms with van der Waals surface area (Å²) in [6.45, 7) is 4.97. The Morgan fingerprint density at radius 1 is 1.18 bits per heavy atom. The van der Waals surface area contributed by atoms with Crippen molar-refractivity contribution in [2.24, 2.45) is 0 Å². The second kappa shape index (κ2) is 8.63. The van der Waals surface area contributed by atoms with Gasteiger partial charge in [-0.15, -0.1) is 0 Å². The summed E-state index contributed by atoms with van der Waals surface area (Å²) in [5.41, 5.74) is 1.22. The van der Waals surface area contributed by atoms with E-state index in [9.17, 15) is 0 Å². The Balaban J connectivity index is 2.55. The van der Waals surface area contributed by atoms with Gasteiger partial charge in [-0.1, -0.05) is 55.8 Å². The average molecular weight is 230 g/mol. The second-order valence-electron chi connectivity index (χ2n) is 3.94. The summed E-state index contributed by atoms with van der Waals surface area (Å²) in [5, 5.41) is 0. The van der Waals surface area contributed by atoms with Gasteiger partial charge in [0.1, 0.15) is 0 Å². The minimum absolute atomic E-state index is 0.745. The molecule has 0 spiro atoms. The molecule has 1 aromatic rings. The van der Waals surface area contributed by atoms with Gasteiger partial charge in [0.2, 0.25) is 0 Å².